The molecule has 0 spiro atoms. The van der Waals surface area contributed by atoms with Gasteiger partial charge in [0.05, 0.1) is 29.5 Å². The number of hydrogen-bond donors (Lipinski definition) is 2. The number of benzene rings is 2. The van der Waals surface area contributed by atoms with Crippen molar-refractivity contribution in [1.82, 2.24) is 4.57 Å². The molecule has 0 amide bonds. The van der Waals surface area contributed by atoms with Crippen LogP contribution in [0, 0.1) is 17.2 Å². The molecule has 3 aromatic rings. The van der Waals surface area contributed by atoms with Crippen molar-refractivity contribution in [1.29, 1.82) is 5.26 Å². The summed E-state index contributed by atoms with van der Waals surface area (Å²) in [4.78, 5) is 0. The molecule has 1 aliphatic rings. The molecule has 1 saturated carbocycles. The molecule has 0 aliphatic heterocycles. The van der Waals surface area contributed by atoms with Crippen LogP contribution in [0.1, 0.15) is 58.6 Å². The average molecular weight is 448 g/mol. The number of anilines is 1. The lowest BCUT2D eigenvalue weighted by Gasteiger charge is -2.30. The van der Waals surface area contributed by atoms with Gasteiger partial charge in [0.15, 0.2) is 0 Å². The average Bonchev–Trinajstić information content (AvgIpc) is 3.06. The zero-order valence-corrected chi connectivity index (χ0v) is 19.8. The lowest BCUT2D eigenvalue weighted by atomic mass is 9.92. The van der Waals surface area contributed by atoms with Gasteiger partial charge in [-0.1, -0.05) is 26.0 Å². The van der Waals surface area contributed by atoms with Crippen LogP contribution in [0.15, 0.2) is 42.5 Å². The minimum Gasteiger partial charge on any atom is -0.494 e. The van der Waals surface area contributed by atoms with E-state index in [9.17, 15) is 10.4 Å². The highest BCUT2D eigenvalue weighted by molar-refractivity contribution is 5.95. The predicted octanol–water partition coefficient (Wildman–Crippen LogP) is 6.05. The number of hydrogen-bond acceptors (Lipinski definition) is 5. The summed E-state index contributed by atoms with van der Waals surface area (Å²) in [5, 5.41) is 24.2. The number of nitrogens with zero attached hydrogens (tertiary/aromatic N) is 2. The van der Waals surface area contributed by atoms with Crippen molar-refractivity contribution in [3.63, 3.8) is 0 Å². The van der Waals surface area contributed by atoms with Crippen LogP contribution in [0.4, 0.5) is 5.69 Å². The predicted molar refractivity (Wildman–Crippen MR) is 131 cm³/mol. The second-order valence-corrected chi connectivity index (χ2v) is 9.06. The van der Waals surface area contributed by atoms with E-state index in [1.165, 1.54) is 6.42 Å². The molecule has 4 rings (SSSR count). The smallest absolute Gasteiger partial charge is 0.235 e. The SMILES string of the molecule is CCOc1ccc2c(C#N)c(-c3ccc(NC(O)OC(C)C(C)C)cc3)n(C3CCC3)c2c1. The van der Waals surface area contributed by atoms with Crippen LogP contribution in [0.3, 0.4) is 0 Å². The summed E-state index contributed by atoms with van der Waals surface area (Å²) in [6, 6.07) is 16.6. The molecule has 1 fully saturated rings. The van der Waals surface area contributed by atoms with Gasteiger partial charge < -0.3 is 24.5 Å². The zero-order chi connectivity index (χ0) is 23.5. The Hall–Kier alpha value is -3.01. The van der Waals surface area contributed by atoms with Gasteiger partial charge in [0.1, 0.15) is 11.8 Å². The molecule has 2 N–H and O–H groups in total. The molecule has 0 bridgehead atoms. The van der Waals surface area contributed by atoms with E-state index in [2.05, 4.69) is 35.9 Å². The number of rotatable bonds is 9. The monoisotopic (exact) mass is 447 g/mol. The number of aliphatic hydroxyl groups is 1. The molecular formula is C27H33N3O3. The Balaban J connectivity index is 1.69. The normalized spacial score (nSPS) is 15.8. The third-order valence-corrected chi connectivity index (χ3v) is 6.57. The molecule has 1 aromatic heterocycles. The summed E-state index contributed by atoms with van der Waals surface area (Å²) >= 11 is 0. The molecule has 1 aliphatic carbocycles. The Kier molecular flexibility index (Phi) is 6.92. The Labute approximate surface area is 195 Å². The van der Waals surface area contributed by atoms with Crippen molar-refractivity contribution in [2.75, 3.05) is 11.9 Å². The summed E-state index contributed by atoms with van der Waals surface area (Å²) in [7, 11) is 0. The maximum Gasteiger partial charge on any atom is 0.235 e. The number of nitriles is 1. The molecule has 1 heterocycles. The molecule has 2 atom stereocenters. The second-order valence-electron chi connectivity index (χ2n) is 9.06. The van der Waals surface area contributed by atoms with E-state index in [-0.39, 0.29) is 6.10 Å². The quantitative estimate of drug-likeness (QED) is 0.390. The third kappa shape index (κ3) is 4.71. The van der Waals surface area contributed by atoms with Crippen LogP contribution in [-0.2, 0) is 4.74 Å². The lowest BCUT2D eigenvalue weighted by molar-refractivity contribution is -0.124. The van der Waals surface area contributed by atoms with Crippen LogP contribution in [0.2, 0.25) is 0 Å². The zero-order valence-electron chi connectivity index (χ0n) is 19.8. The number of nitrogens with one attached hydrogen (secondary N) is 1. The number of aromatic nitrogens is 1. The van der Waals surface area contributed by atoms with Crippen molar-refractivity contribution in [2.24, 2.45) is 5.92 Å². The fourth-order valence-corrected chi connectivity index (χ4v) is 4.23. The van der Waals surface area contributed by atoms with Gasteiger partial charge in [-0.2, -0.15) is 5.26 Å². The van der Waals surface area contributed by atoms with Gasteiger partial charge >= 0.3 is 0 Å². The molecule has 174 valence electrons. The molecule has 0 radical (unpaired) electrons. The molecule has 0 saturated heterocycles. The second kappa shape index (κ2) is 9.86. The van der Waals surface area contributed by atoms with E-state index in [1.807, 2.05) is 50.2 Å². The highest BCUT2D eigenvalue weighted by Crippen LogP contribution is 2.43. The fourth-order valence-electron chi connectivity index (χ4n) is 4.23. The molecule has 2 aromatic carbocycles. The van der Waals surface area contributed by atoms with Crippen LogP contribution < -0.4 is 10.1 Å². The third-order valence-electron chi connectivity index (χ3n) is 6.57. The van der Waals surface area contributed by atoms with Crippen LogP contribution >= 0.6 is 0 Å². The Morgan fingerprint density at radius 3 is 2.45 bits per heavy atom. The molecule has 33 heavy (non-hydrogen) atoms. The van der Waals surface area contributed by atoms with Crippen molar-refractivity contribution >= 4 is 16.6 Å². The summed E-state index contributed by atoms with van der Waals surface area (Å²) in [5.74, 6) is 1.13. The Morgan fingerprint density at radius 1 is 1.15 bits per heavy atom. The van der Waals surface area contributed by atoms with E-state index in [0.717, 1.165) is 46.4 Å². The highest BCUT2D eigenvalue weighted by atomic mass is 16.6. The highest BCUT2D eigenvalue weighted by Gasteiger charge is 2.28. The first-order chi connectivity index (χ1) is 15.9. The van der Waals surface area contributed by atoms with Gasteiger partial charge in [0.25, 0.3) is 0 Å². The van der Waals surface area contributed by atoms with E-state index in [4.69, 9.17) is 9.47 Å². The van der Waals surface area contributed by atoms with Gasteiger partial charge in [0, 0.05) is 23.2 Å². The van der Waals surface area contributed by atoms with Gasteiger partial charge in [-0.25, -0.2) is 0 Å². The summed E-state index contributed by atoms with van der Waals surface area (Å²) in [5.41, 5.74) is 4.41. The van der Waals surface area contributed by atoms with E-state index >= 15 is 0 Å². The summed E-state index contributed by atoms with van der Waals surface area (Å²) in [6.45, 7) is 8.63. The van der Waals surface area contributed by atoms with Crippen LogP contribution in [-0.4, -0.2) is 28.8 Å². The Morgan fingerprint density at radius 2 is 1.88 bits per heavy atom. The lowest BCUT2D eigenvalue weighted by Crippen LogP contribution is -2.29. The first kappa shape index (κ1) is 23.2. The molecule has 6 heteroatoms. The molecule has 6 nitrogen and oxygen atoms in total. The van der Waals surface area contributed by atoms with Crippen molar-refractivity contribution in [2.45, 2.75) is 65.5 Å². The summed E-state index contributed by atoms with van der Waals surface area (Å²) < 4.78 is 13.7. The van der Waals surface area contributed by atoms with Gasteiger partial charge in [0.2, 0.25) is 6.41 Å². The maximum atomic E-state index is 10.2. The standard InChI is InChI=1S/C27H33N3O3/c1-5-32-22-13-14-23-24(16-28)26(30(25(23)15-22)21-7-6-8-21)19-9-11-20(12-10-19)29-27(31)33-18(4)17(2)3/h9-15,17-18,21,27,29,31H,5-8H2,1-4H3. The van der Waals surface area contributed by atoms with Crippen molar-refractivity contribution in [3.8, 4) is 23.1 Å². The minimum absolute atomic E-state index is 0.0651. The van der Waals surface area contributed by atoms with Crippen LogP contribution in [0.25, 0.3) is 22.2 Å². The maximum absolute atomic E-state index is 10.2. The van der Waals surface area contributed by atoms with Crippen molar-refractivity contribution < 1.29 is 14.6 Å². The van der Waals surface area contributed by atoms with E-state index < -0.39 is 6.41 Å². The Bertz CT molecular complexity index is 1140. The first-order valence-corrected chi connectivity index (χ1v) is 11.8. The number of fused-ring (bicyclic) bond motifs is 1. The van der Waals surface area contributed by atoms with Crippen LogP contribution in [0.5, 0.6) is 5.75 Å². The largest absolute Gasteiger partial charge is 0.494 e. The first-order valence-electron chi connectivity index (χ1n) is 11.8. The summed E-state index contributed by atoms with van der Waals surface area (Å²) in [6.07, 6.45) is 2.27. The van der Waals surface area contributed by atoms with Gasteiger partial charge in [-0.15, -0.1) is 0 Å². The fraction of sp³-hybridized carbons (Fsp3) is 0.444. The van der Waals surface area contributed by atoms with Crippen molar-refractivity contribution in [3.05, 3.63) is 48.0 Å². The number of aliphatic hydroxyl groups excluding tert-OH is 1. The van der Waals surface area contributed by atoms with Gasteiger partial charge in [-0.3, -0.25) is 0 Å². The minimum atomic E-state index is -1.08. The van der Waals surface area contributed by atoms with E-state index in [1.54, 1.807) is 0 Å². The molecule has 2 unspecified atom stereocenters. The van der Waals surface area contributed by atoms with Gasteiger partial charge in [-0.05, 0) is 68.9 Å². The molecular weight excluding hydrogens is 414 g/mol. The van der Waals surface area contributed by atoms with E-state index in [0.29, 0.717) is 24.1 Å². The topological polar surface area (TPSA) is 79.4 Å². The number of ether oxygens (including phenoxy) is 2.